The summed E-state index contributed by atoms with van der Waals surface area (Å²) in [5.74, 6) is -0.0499. The largest absolute Gasteiger partial charge is 0.360 e. The molecule has 1 unspecified atom stereocenters. The molecule has 2 N–H and O–H groups in total. The molecular formula is C30H30N4O2. The van der Waals surface area contributed by atoms with E-state index in [2.05, 4.69) is 16.4 Å². The highest BCUT2D eigenvalue weighted by molar-refractivity contribution is 6.11. The van der Waals surface area contributed by atoms with Gasteiger partial charge in [0.2, 0.25) is 0 Å². The Labute approximate surface area is 211 Å². The van der Waals surface area contributed by atoms with E-state index >= 15 is 0 Å². The Kier molecular flexibility index (Phi) is 7.94. The van der Waals surface area contributed by atoms with Crippen molar-refractivity contribution in [2.24, 2.45) is 0 Å². The van der Waals surface area contributed by atoms with Gasteiger partial charge in [-0.3, -0.25) is 9.59 Å². The molecule has 36 heavy (non-hydrogen) atoms. The molecule has 0 bridgehead atoms. The Morgan fingerprint density at radius 2 is 1.72 bits per heavy atom. The van der Waals surface area contributed by atoms with Gasteiger partial charge in [-0.05, 0) is 55.7 Å². The van der Waals surface area contributed by atoms with Crippen LogP contribution in [0.25, 0.3) is 10.9 Å². The van der Waals surface area contributed by atoms with Gasteiger partial charge in [0, 0.05) is 47.9 Å². The lowest BCUT2D eigenvalue weighted by Crippen LogP contribution is -2.30. The van der Waals surface area contributed by atoms with E-state index in [0.717, 1.165) is 28.5 Å². The lowest BCUT2D eigenvalue weighted by atomic mass is 9.96. The number of benzene rings is 3. The van der Waals surface area contributed by atoms with Gasteiger partial charge in [-0.15, -0.1) is 0 Å². The van der Waals surface area contributed by atoms with E-state index < -0.39 is 6.04 Å². The minimum atomic E-state index is -0.513. The van der Waals surface area contributed by atoms with Crippen molar-refractivity contribution >= 4 is 22.6 Å². The summed E-state index contributed by atoms with van der Waals surface area (Å²) < 4.78 is 0. The summed E-state index contributed by atoms with van der Waals surface area (Å²) >= 11 is 0. The fourth-order valence-corrected chi connectivity index (χ4v) is 4.43. The number of fused-ring (bicyclic) bond motifs is 1. The van der Waals surface area contributed by atoms with Crippen LogP contribution in [0.15, 0.2) is 79.0 Å². The molecule has 6 nitrogen and oxygen atoms in total. The molecule has 4 aromatic rings. The number of carbonyl (C=O) groups is 2. The Morgan fingerprint density at radius 1 is 1.00 bits per heavy atom. The Hall–Kier alpha value is -4.21. The first-order chi connectivity index (χ1) is 17.5. The van der Waals surface area contributed by atoms with Gasteiger partial charge in [0.15, 0.2) is 5.78 Å². The van der Waals surface area contributed by atoms with Crippen molar-refractivity contribution in [2.75, 3.05) is 19.6 Å². The second kappa shape index (κ2) is 11.5. The van der Waals surface area contributed by atoms with Crippen molar-refractivity contribution in [2.45, 2.75) is 26.3 Å². The summed E-state index contributed by atoms with van der Waals surface area (Å²) in [6.07, 6.45) is 2.46. The minimum absolute atomic E-state index is 0.0176. The molecule has 3 aromatic carbocycles. The van der Waals surface area contributed by atoms with Gasteiger partial charge in [-0.1, -0.05) is 48.5 Å². The molecule has 0 fully saturated rings. The minimum Gasteiger partial charge on any atom is -0.360 e. The Balaban J connectivity index is 1.57. The summed E-state index contributed by atoms with van der Waals surface area (Å²) in [7, 11) is 0. The zero-order valence-electron chi connectivity index (χ0n) is 20.6. The number of rotatable bonds is 10. The lowest BCUT2D eigenvalue weighted by molar-refractivity contribution is 0.0773. The molecule has 0 aliphatic rings. The summed E-state index contributed by atoms with van der Waals surface area (Å²) in [6.45, 7) is 5.82. The molecule has 0 saturated carbocycles. The monoisotopic (exact) mass is 478 g/mol. The maximum Gasteiger partial charge on any atom is 0.253 e. The number of carbonyl (C=O) groups excluding carboxylic acids is 2. The van der Waals surface area contributed by atoms with Crippen LogP contribution >= 0.6 is 0 Å². The van der Waals surface area contributed by atoms with Gasteiger partial charge in [0.1, 0.15) is 0 Å². The number of aromatic nitrogens is 1. The first-order valence-corrected chi connectivity index (χ1v) is 12.3. The predicted octanol–water partition coefficient (Wildman–Crippen LogP) is 5.28. The number of Topliss-reactive ketones (excluding diaryl/α,β-unsaturated/α-hetero) is 1. The number of amides is 1. The quantitative estimate of drug-likeness (QED) is 0.304. The highest BCUT2D eigenvalue weighted by Gasteiger charge is 2.24. The maximum atomic E-state index is 13.8. The third kappa shape index (κ3) is 5.37. The van der Waals surface area contributed by atoms with E-state index in [9.17, 15) is 9.59 Å². The molecule has 0 radical (unpaired) electrons. The topological polar surface area (TPSA) is 89.0 Å². The van der Waals surface area contributed by atoms with Crippen LogP contribution in [0.4, 0.5) is 0 Å². The summed E-state index contributed by atoms with van der Waals surface area (Å²) in [6, 6.07) is 24.3. The van der Waals surface area contributed by atoms with Crippen LogP contribution in [0.3, 0.4) is 0 Å². The highest BCUT2D eigenvalue weighted by Crippen LogP contribution is 2.26. The van der Waals surface area contributed by atoms with Crippen LogP contribution in [0.5, 0.6) is 0 Å². The number of hydrogen-bond donors (Lipinski definition) is 2. The number of nitrogens with zero attached hydrogens (tertiary/aromatic N) is 2. The van der Waals surface area contributed by atoms with Crippen molar-refractivity contribution in [3.63, 3.8) is 0 Å². The van der Waals surface area contributed by atoms with Crippen molar-refractivity contribution in [3.05, 3.63) is 107 Å². The zero-order valence-corrected chi connectivity index (χ0v) is 20.6. The molecule has 1 amide bonds. The normalized spacial score (nSPS) is 11.7. The molecule has 6 heteroatoms. The van der Waals surface area contributed by atoms with E-state index in [4.69, 9.17) is 5.26 Å². The third-order valence-corrected chi connectivity index (χ3v) is 6.49. The van der Waals surface area contributed by atoms with E-state index in [1.165, 1.54) is 0 Å². The number of ketones is 1. The van der Waals surface area contributed by atoms with Gasteiger partial charge in [0.05, 0.1) is 17.7 Å². The van der Waals surface area contributed by atoms with Crippen LogP contribution in [-0.4, -0.2) is 41.2 Å². The van der Waals surface area contributed by atoms with Crippen molar-refractivity contribution in [1.29, 1.82) is 5.26 Å². The molecule has 182 valence electrons. The fourth-order valence-electron chi connectivity index (χ4n) is 4.43. The molecule has 1 aromatic heterocycles. The second-order valence-corrected chi connectivity index (χ2v) is 8.66. The van der Waals surface area contributed by atoms with Crippen LogP contribution in [-0.2, 0) is 6.42 Å². The van der Waals surface area contributed by atoms with Crippen LogP contribution in [0.2, 0.25) is 0 Å². The van der Waals surface area contributed by atoms with E-state index in [1.807, 2.05) is 68.4 Å². The molecule has 4 rings (SSSR count). The number of nitrogens with one attached hydrogen (secondary N) is 2. The number of hydrogen-bond acceptors (Lipinski definition) is 4. The number of H-pyrrole nitrogens is 1. The summed E-state index contributed by atoms with van der Waals surface area (Å²) in [5, 5.41) is 13.2. The van der Waals surface area contributed by atoms with Gasteiger partial charge in [-0.2, -0.15) is 5.26 Å². The van der Waals surface area contributed by atoms with Gasteiger partial charge in [0.25, 0.3) is 5.91 Å². The maximum absolute atomic E-state index is 13.8. The fraction of sp³-hybridized carbons (Fsp3) is 0.233. The first kappa shape index (κ1) is 24.9. The standard InChI is InChI=1S/C30H30N4O2/c1-3-34(4-2)30(36)24-14-15-25-26(20-33-27(25)18-24)29(35)28(23-8-6-5-7-9-23)32-17-16-21-10-12-22(19-31)13-11-21/h5-15,18,20,28,32-33H,3-4,16-17H2,1-2H3. The Morgan fingerprint density at radius 3 is 2.39 bits per heavy atom. The van der Waals surface area contributed by atoms with E-state index in [1.54, 1.807) is 29.3 Å². The van der Waals surface area contributed by atoms with Crippen molar-refractivity contribution in [1.82, 2.24) is 15.2 Å². The Bertz CT molecular complexity index is 1380. The molecule has 0 aliphatic carbocycles. The molecular weight excluding hydrogens is 448 g/mol. The lowest BCUT2D eigenvalue weighted by Gasteiger charge is -2.19. The summed E-state index contributed by atoms with van der Waals surface area (Å²) in [4.78, 5) is 31.5. The highest BCUT2D eigenvalue weighted by atomic mass is 16.2. The predicted molar refractivity (Wildman–Crippen MR) is 142 cm³/mol. The molecule has 1 heterocycles. The second-order valence-electron chi connectivity index (χ2n) is 8.66. The smallest absolute Gasteiger partial charge is 0.253 e. The van der Waals surface area contributed by atoms with Crippen LogP contribution in [0, 0.1) is 11.3 Å². The molecule has 0 spiro atoms. The van der Waals surface area contributed by atoms with Crippen molar-refractivity contribution < 1.29 is 9.59 Å². The van der Waals surface area contributed by atoms with Gasteiger partial charge < -0.3 is 15.2 Å². The van der Waals surface area contributed by atoms with E-state index in [0.29, 0.717) is 36.3 Å². The summed E-state index contributed by atoms with van der Waals surface area (Å²) in [5.41, 5.74) is 4.58. The van der Waals surface area contributed by atoms with Crippen LogP contribution < -0.4 is 5.32 Å². The van der Waals surface area contributed by atoms with E-state index in [-0.39, 0.29) is 11.7 Å². The third-order valence-electron chi connectivity index (χ3n) is 6.49. The van der Waals surface area contributed by atoms with Crippen LogP contribution in [0.1, 0.15) is 57.3 Å². The average Bonchev–Trinajstić information content (AvgIpc) is 3.35. The van der Waals surface area contributed by atoms with Gasteiger partial charge in [-0.25, -0.2) is 0 Å². The number of nitriles is 1. The number of aromatic amines is 1. The average molecular weight is 479 g/mol. The first-order valence-electron chi connectivity index (χ1n) is 12.3. The van der Waals surface area contributed by atoms with Gasteiger partial charge >= 0.3 is 0 Å². The van der Waals surface area contributed by atoms with Crippen molar-refractivity contribution in [3.8, 4) is 6.07 Å². The molecule has 1 atom stereocenters. The zero-order chi connectivity index (χ0) is 25.5. The SMILES string of the molecule is CCN(CC)C(=O)c1ccc2c(C(=O)C(NCCc3ccc(C#N)cc3)c3ccccc3)c[nH]c2c1. The molecule has 0 aliphatic heterocycles. The molecule has 0 saturated heterocycles.